The molecule has 0 spiro atoms. The summed E-state index contributed by atoms with van der Waals surface area (Å²) in [5.41, 5.74) is 29.2. The van der Waals surface area contributed by atoms with E-state index in [1.165, 1.54) is 149 Å². The molecule has 0 aliphatic heterocycles. The van der Waals surface area contributed by atoms with Gasteiger partial charge in [0.2, 0.25) is 0 Å². The van der Waals surface area contributed by atoms with E-state index >= 15 is 0 Å². The molecule has 0 N–H and O–H groups in total. The van der Waals surface area contributed by atoms with Crippen LogP contribution < -0.4 is 9.80 Å². The van der Waals surface area contributed by atoms with Crippen LogP contribution in [0.3, 0.4) is 0 Å². The van der Waals surface area contributed by atoms with Gasteiger partial charge in [0.15, 0.2) is 0 Å². The molecular formula is C59H48N2. The van der Waals surface area contributed by atoms with Crippen molar-refractivity contribution in [3.05, 3.63) is 236 Å². The monoisotopic (exact) mass is 784 g/mol. The molecule has 8 aromatic rings. The van der Waals surface area contributed by atoms with Crippen molar-refractivity contribution >= 4 is 34.1 Å². The molecule has 2 nitrogen and oxygen atoms in total. The van der Waals surface area contributed by atoms with Crippen LogP contribution in [-0.4, -0.2) is 0 Å². The number of hydrogen-bond donors (Lipinski definition) is 0. The van der Waals surface area contributed by atoms with Crippen molar-refractivity contribution in [3.63, 3.8) is 0 Å². The predicted molar refractivity (Wildman–Crippen MR) is 252 cm³/mol. The Labute approximate surface area is 359 Å². The highest BCUT2D eigenvalue weighted by molar-refractivity contribution is 5.92. The van der Waals surface area contributed by atoms with Gasteiger partial charge in [0, 0.05) is 34.1 Å². The molecule has 8 aromatic carbocycles. The highest BCUT2D eigenvalue weighted by atomic mass is 15.1. The second-order valence-electron chi connectivity index (χ2n) is 18.4. The van der Waals surface area contributed by atoms with Crippen LogP contribution in [0.25, 0.3) is 11.1 Å². The van der Waals surface area contributed by atoms with Crippen molar-refractivity contribution in [1.29, 1.82) is 0 Å². The van der Waals surface area contributed by atoms with Crippen molar-refractivity contribution in [2.75, 3.05) is 9.80 Å². The summed E-state index contributed by atoms with van der Waals surface area (Å²) in [6.07, 6.45) is 9.27. The second-order valence-corrected chi connectivity index (χ2v) is 18.4. The van der Waals surface area contributed by atoms with Crippen LogP contribution in [0, 0.1) is 13.8 Å². The molecule has 0 bridgehead atoms. The van der Waals surface area contributed by atoms with Crippen LogP contribution in [0.2, 0.25) is 0 Å². The Morgan fingerprint density at radius 1 is 0.295 bits per heavy atom. The van der Waals surface area contributed by atoms with Gasteiger partial charge in [-0.15, -0.1) is 0 Å². The van der Waals surface area contributed by atoms with E-state index in [0.29, 0.717) is 0 Å². The Hall–Kier alpha value is -6.64. The minimum absolute atomic E-state index is 0.537. The van der Waals surface area contributed by atoms with E-state index in [1.807, 2.05) is 0 Å². The number of hydrogen-bond acceptors (Lipinski definition) is 2. The van der Waals surface area contributed by atoms with Crippen LogP contribution in [-0.2, 0) is 56.8 Å². The third-order valence-corrected chi connectivity index (χ3v) is 15.0. The zero-order valence-corrected chi connectivity index (χ0v) is 35.1. The van der Waals surface area contributed by atoms with E-state index in [4.69, 9.17) is 0 Å². The summed E-state index contributed by atoms with van der Waals surface area (Å²) in [4.78, 5) is 4.99. The fourth-order valence-corrected chi connectivity index (χ4v) is 11.1. The normalized spacial score (nSPS) is 15.3. The van der Waals surface area contributed by atoms with E-state index in [1.54, 1.807) is 0 Å². The highest BCUT2D eigenvalue weighted by Crippen LogP contribution is 2.59. The lowest BCUT2D eigenvalue weighted by Crippen LogP contribution is -2.31. The summed E-state index contributed by atoms with van der Waals surface area (Å²) in [6, 6.07) is 62.1. The first-order valence-corrected chi connectivity index (χ1v) is 22.5. The van der Waals surface area contributed by atoms with Crippen molar-refractivity contribution in [2.24, 2.45) is 0 Å². The Balaban J connectivity index is 1.08. The van der Waals surface area contributed by atoms with Gasteiger partial charge in [-0.3, -0.25) is 0 Å². The lowest BCUT2D eigenvalue weighted by atomic mass is 9.65. The molecular weight excluding hydrogens is 737 g/mol. The van der Waals surface area contributed by atoms with Gasteiger partial charge in [-0.2, -0.15) is 0 Å². The molecule has 0 fully saturated rings. The van der Waals surface area contributed by atoms with Gasteiger partial charge in [0.1, 0.15) is 0 Å². The fourth-order valence-electron chi connectivity index (χ4n) is 11.1. The second kappa shape index (κ2) is 13.2. The minimum Gasteiger partial charge on any atom is -0.310 e. The Morgan fingerprint density at radius 3 is 0.951 bits per heavy atom. The maximum atomic E-state index is 2.57. The Bertz CT molecular complexity index is 2900. The first-order valence-electron chi connectivity index (χ1n) is 22.5. The van der Waals surface area contributed by atoms with E-state index in [0.717, 1.165) is 25.7 Å². The molecule has 61 heavy (non-hydrogen) atoms. The highest BCUT2D eigenvalue weighted by Gasteiger charge is 2.48. The Morgan fingerprint density at radius 2 is 0.607 bits per heavy atom. The van der Waals surface area contributed by atoms with E-state index < -0.39 is 5.41 Å². The van der Waals surface area contributed by atoms with Gasteiger partial charge in [-0.1, -0.05) is 96.1 Å². The molecule has 5 aliphatic carbocycles. The SMILES string of the molecule is Cc1ccc(N(c2ccc3c(c2)CC3)c2ccc3c(c2)C(c2ccc4c(c2)CC4)(c2ccc4c(c2)CC4)c2cc(N(c4ccc(C)cc4)c4ccc5c(c4)CC5)ccc2-3)cc1. The molecule has 0 unspecified atom stereocenters. The molecule has 0 amide bonds. The molecule has 0 heterocycles. The molecule has 0 aromatic heterocycles. The van der Waals surface area contributed by atoms with Crippen LogP contribution in [0.1, 0.15) is 77.9 Å². The summed E-state index contributed by atoms with van der Waals surface area (Å²) >= 11 is 0. The fraction of sp³-hybridized carbons (Fsp3) is 0.186. The first-order chi connectivity index (χ1) is 30.0. The molecule has 0 atom stereocenters. The topological polar surface area (TPSA) is 6.48 Å². The molecule has 5 aliphatic rings. The molecule has 0 radical (unpaired) electrons. The van der Waals surface area contributed by atoms with Gasteiger partial charge in [-0.05, 0) is 216 Å². The van der Waals surface area contributed by atoms with Gasteiger partial charge in [-0.25, -0.2) is 0 Å². The van der Waals surface area contributed by atoms with Crippen molar-refractivity contribution in [1.82, 2.24) is 0 Å². The molecule has 2 heteroatoms. The predicted octanol–water partition coefficient (Wildman–Crippen LogP) is 14.0. The molecule has 294 valence electrons. The summed E-state index contributed by atoms with van der Waals surface area (Å²) < 4.78 is 0. The lowest BCUT2D eigenvalue weighted by Gasteiger charge is -2.38. The van der Waals surface area contributed by atoms with E-state index in [-0.39, 0.29) is 0 Å². The quantitative estimate of drug-likeness (QED) is 0.151. The third kappa shape index (κ3) is 5.27. The lowest BCUT2D eigenvalue weighted by molar-refractivity contribution is 0.740. The summed E-state index contributed by atoms with van der Waals surface area (Å²) in [5, 5.41) is 0. The first kappa shape index (κ1) is 35.1. The molecule has 0 saturated carbocycles. The third-order valence-electron chi connectivity index (χ3n) is 15.0. The largest absolute Gasteiger partial charge is 0.310 e. The number of rotatable bonds is 8. The van der Waals surface area contributed by atoms with Crippen LogP contribution in [0.15, 0.2) is 158 Å². The zero-order chi connectivity index (χ0) is 40.4. The van der Waals surface area contributed by atoms with Crippen molar-refractivity contribution < 1.29 is 0 Å². The van der Waals surface area contributed by atoms with Crippen LogP contribution in [0.4, 0.5) is 34.1 Å². The van der Waals surface area contributed by atoms with Gasteiger partial charge >= 0.3 is 0 Å². The van der Waals surface area contributed by atoms with E-state index in [9.17, 15) is 0 Å². The van der Waals surface area contributed by atoms with Crippen molar-refractivity contribution in [2.45, 2.75) is 70.6 Å². The number of benzene rings is 8. The average molecular weight is 785 g/mol. The summed E-state index contributed by atoms with van der Waals surface area (Å²) in [5.74, 6) is 0. The smallest absolute Gasteiger partial charge is 0.0715 e. The van der Waals surface area contributed by atoms with Crippen LogP contribution >= 0.6 is 0 Å². The standard InChI is InChI=1S/C59H48N2/c1-37-3-21-49(22-4-37)60(51-25-17-41-9-13-45(41)33-51)53-27-29-55-56-30-28-54(61(50-23-5-38(2)6-24-50)52-26-18-42-10-14-46(42)34-52)36-58(56)59(57(55)35-53,47-19-15-39-7-11-43(39)31-47)48-20-16-40-8-12-44(40)32-48/h3-6,15-36H,7-14H2,1-2H3. The van der Waals surface area contributed by atoms with Gasteiger partial charge < -0.3 is 9.80 Å². The molecule has 0 saturated heterocycles. The van der Waals surface area contributed by atoms with E-state index in [2.05, 4.69) is 181 Å². The number of anilines is 6. The maximum Gasteiger partial charge on any atom is 0.0715 e. The number of nitrogens with zero attached hydrogens (tertiary/aromatic N) is 2. The Kier molecular flexibility index (Phi) is 7.59. The van der Waals surface area contributed by atoms with Crippen LogP contribution in [0.5, 0.6) is 0 Å². The maximum absolute atomic E-state index is 2.57. The molecule has 13 rings (SSSR count). The number of fused-ring (bicyclic) bond motifs is 7. The minimum atomic E-state index is -0.537. The summed E-state index contributed by atoms with van der Waals surface area (Å²) in [6.45, 7) is 4.36. The van der Waals surface area contributed by atoms with Crippen molar-refractivity contribution in [3.8, 4) is 11.1 Å². The zero-order valence-electron chi connectivity index (χ0n) is 35.1. The van der Waals surface area contributed by atoms with Gasteiger partial charge in [0.05, 0.1) is 5.41 Å². The summed E-state index contributed by atoms with van der Waals surface area (Å²) in [7, 11) is 0. The number of aryl methyl sites for hydroxylation is 10. The van der Waals surface area contributed by atoms with Gasteiger partial charge in [0.25, 0.3) is 0 Å². The average Bonchev–Trinajstić information content (AvgIpc) is 3.52.